The molecule has 22 heavy (non-hydrogen) atoms. The number of nitrogens with one attached hydrogen (secondary N) is 2. The van der Waals surface area contributed by atoms with Gasteiger partial charge in [0.1, 0.15) is 5.82 Å². The van der Waals surface area contributed by atoms with Crippen LogP contribution in [0.1, 0.15) is 11.7 Å². The number of hydrogen-bond acceptors (Lipinski definition) is 4. The predicted octanol–water partition coefficient (Wildman–Crippen LogP) is 2.08. The van der Waals surface area contributed by atoms with Gasteiger partial charge in [0.05, 0.1) is 25.1 Å². The number of carbonyl (C=O) groups is 1. The molecule has 0 saturated carbocycles. The van der Waals surface area contributed by atoms with Gasteiger partial charge in [-0.2, -0.15) is 0 Å². The Kier molecular flexibility index (Phi) is 5.26. The third-order valence-electron chi connectivity index (χ3n) is 2.92. The minimum atomic E-state index is -1.12. The van der Waals surface area contributed by atoms with Crippen LogP contribution in [-0.4, -0.2) is 29.8 Å². The number of benzene rings is 1. The summed E-state index contributed by atoms with van der Waals surface area (Å²) in [4.78, 5) is 15.6. The maximum Gasteiger partial charge on any atom is 0.319 e. The molecule has 7 heteroatoms. The second-order valence-corrected chi connectivity index (χ2v) is 4.46. The van der Waals surface area contributed by atoms with Crippen molar-refractivity contribution in [3.63, 3.8) is 0 Å². The Labute approximate surface area is 127 Å². The van der Waals surface area contributed by atoms with Crippen LogP contribution < -0.4 is 15.4 Å². The Morgan fingerprint density at radius 2 is 2.14 bits per heavy atom. The van der Waals surface area contributed by atoms with Crippen molar-refractivity contribution >= 4 is 11.7 Å². The smallest absolute Gasteiger partial charge is 0.319 e. The Bertz CT molecular complexity index is 634. The number of carbonyl (C=O) groups excluding carboxylic acids is 1. The summed E-state index contributed by atoms with van der Waals surface area (Å²) in [5, 5.41) is 14.9. The molecule has 2 rings (SSSR count). The normalized spacial score (nSPS) is 11.6. The number of aliphatic hydroxyl groups is 1. The van der Waals surface area contributed by atoms with Crippen LogP contribution in [0.5, 0.6) is 5.88 Å². The number of methoxy groups -OCH3 is 1. The van der Waals surface area contributed by atoms with Gasteiger partial charge in [0.15, 0.2) is 0 Å². The Hall–Kier alpha value is -2.67. The number of aliphatic hydroxyl groups excluding tert-OH is 1. The highest BCUT2D eigenvalue weighted by atomic mass is 19.1. The highest BCUT2D eigenvalue weighted by Crippen LogP contribution is 2.15. The molecule has 0 saturated heterocycles. The number of rotatable bonds is 5. The lowest BCUT2D eigenvalue weighted by Gasteiger charge is -2.13. The number of ether oxygens (including phenoxy) is 1. The number of amides is 2. The summed E-state index contributed by atoms with van der Waals surface area (Å²) in [6, 6.07) is 8.56. The zero-order valence-corrected chi connectivity index (χ0v) is 11.9. The molecule has 0 aliphatic carbocycles. The van der Waals surface area contributed by atoms with E-state index in [0.29, 0.717) is 11.6 Å². The van der Waals surface area contributed by atoms with Crippen LogP contribution in [0.2, 0.25) is 0 Å². The highest BCUT2D eigenvalue weighted by Gasteiger charge is 2.13. The summed E-state index contributed by atoms with van der Waals surface area (Å²) >= 11 is 0. The van der Waals surface area contributed by atoms with Crippen molar-refractivity contribution in [3.05, 3.63) is 54.0 Å². The van der Waals surface area contributed by atoms with Gasteiger partial charge in [0, 0.05) is 18.2 Å². The second kappa shape index (κ2) is 7.37. The molecular weight excluding hydrogens is 289 g/mol. The molecule has 3 N–H and O–H groups in total. The summed E-state index contributed by atoms with van der Waals surface area (Å²) in [5.41, 5.74) is 0.604. The van der Waals surface area contributed by atoms with Crippen LogP contribution >= 0.6 is 0 Å². The minimum Gasteiger partial charge on any atom is -0.481 e. The topological polar surface area (TPSA) is 83.5 Å². The molecule has 0 bridgehead atoms. The van der Waals surface area contributed by atoms with E-state index in [9.17, 15) is 14.3 Å². The summed E-state index contributed by atoms with van der Waals surface area (Å²) in [6.45, 7) is -0.115. The fourth-order valence-electron chi connectivity index (χ4n) is 1.79. The number of halogens is 1. The quantitative estimate of drug-likeness (QED) is 0.790. The van der Waals surface area contributed by atoms with Crippen LogP contribution in [0.4, 0.5) is 14.9 Å². The maximum absolute atomic E-state index is 13.5. The average Bonchev–Trinajstić information content (AvgIpc) is 2.54. The molecule has 1 heterocycles. The first kappa shape index (κ1) is 15.7. The molecule has 0 spiro atoms. The largest absolute Gasteiger partial charge is 0.481 e. The van der Waals surface area contributed by atoms with Crippen LogP contribution in [-0.2, 0) is 0 Å². The number of nitrogens with zero attached hydrogens (tertiary/aromatic N) is 1. The first-order chi connectivity index (χ1) is 10.6. The molecule has 2 amide bonds. The third-order valence-corrected chi connectivity index (χ3v) is 2.92. The summed E-state index contributed by atoms with van der Waals surface area (Å²) in [6.07, 6.45) is 0.312. The van der Waals surface area contributed by atoms with Gasteiger partial charge in [-0.3, -0.25) is 0 Å². The lowest BCUT2D eigenvalue weighted by Crippen LogP contribution is -2.32. The number of pyridine rings is 1. The van der Waals surface area contributed by atoms with Crippen molar-refractivity contribution in [2.24, 2.45) is 0 Å². The lowest BCUT2D eigenvalue weighted by atomic mass is 10.1. The van der Waals surface area contributed by atoms with E-state index in [-0.39, 0.29) is 12.1 Å². The third kappa shape index (κ3) is 4.16. The summed E-state index contributed by atoms with van der Waals surface area (Å²) < 4.78 is 18.4. The van der Waals surface area contributed by atoms with Crippen molar-refractivity contribution in [3.8, 4) is 5.88 Å². The van der Waals surface area contributed by atoms with Crippen LogP contribution in [0.15, 0.2) is 42.6 Å². The molecule has 116 valence electrons. The number of hydrogen-bond donors (Lipinski definition) is 3. The van der Waals surface area contributed by atoms with Gasteiger partial charge in [0.2, 0.25) is 5.88 Å². The minimum absolute atomic E-state index is 0.115. The fraction of sp³-hybridized carbons (Fsp3) is 0.200. The number of aromatic nitrogens is 1. The summed E-state index contributed by atoms with van der Waals surface area (Å²) in [7, 11) is 1.49. The van der Waals surface area contributed by atoms with Crippen LogP contribution in [0.3, 0.4) is 0 Å². The molecular formula is C15H16FN3O3. The van der Waals surface area contributed by atoms with Crippen LogP contribution in [0.25, 0.3) is 0 Å². The van der Waals surface area contributed by atoms with E-state index in [1.165, 1.54) is 31.5 Å². The van der Waals surface area contributed by atoms with Crippen molar-refractivity contribution in [1.82, 2.24) is 10.3 Å². The number of urea groups is 1. The van der Waals surface area contributed by atoms with E-state index in [1.54, 1.807) is 18.2 Å². The van der Waals surface area contributed by atoms with Gasteiger partial charge in [0.25, 0.3) is 0 Å². The van der Waals surface area contributed by atoms with Crippen molar-refractivity contribution < 1.29 is 19.0 Å². The predicted molar refractivity (Wildman–Crippen MR) is 79.2 cm³/mol. The van der Waals surface area contributed by atoms with Gasteiger partial charge >= 0.3 is 6.03 Å². The molecule has 0 unspecified atom stereocenters. The first-order valence-corrected chi connectivity index (χ1v) is 6.57. The molecule has 1 aromatic carbocycles. The number of anilines is 1. The zero-order valence-electron chi connectivity index (χ0n) is 11.9. The average molecular weight is 305 g/mol. The van der Waals surface area contributed by atoms with E-state index in [2.05, 4.69) is 15.6 Å². The van der Waals surface area contributed by atoms with Crippen LogP contribution in [0, 0.1) is 5.82 Å². The molecule has 0 aliphatic heterocycles. The zero-order chi connectivity index (χ0) is 15.9. The van der Waals surface area contributed by atoms with Crippen molar-refractivity contribution in [1.29, 1.82) is 0 Å². The van der Waals surface area contributed by atoms with Gasteiger partial charge in [-0.1, -0.05) is 18.2 Å². The van der Waals surface area contributed by atoms with Gasteiger partial charge in [-0.15, -0.1) is 0 Å². The Balaban J connectivity index is 1.85. The van der Waals surface area contributed by atoms with Crippen molar-refractivity contribution in [2.75, 3.05) is 19.0 Å². The van der Waals surface area contributed by atoms with E-state index in [4.69, 9.17) is 4.74 Å². The first-order valence-electron chi connectivity index (χ1n) is 6.57. The van der Waals surface area contributed by atoms with E-state index in [0.717, 1.165) is 0 Å². The standard InChI is InChI=1S/C15H16FN3O3/c1-22-14-7-6-10(8-17-14)19-15(21)18-9-13(20)11-4-2-3-5-12(11)16/h2-8,13,20H,9H2,1H3,(H2,18,19,21)/t13-/m0/s1. The van der Waals surface area contributed by atoms with Gasteiger partial charge in [-0.05, 0) is 12.1 Å². The second-order valence-electron chi connectivity index (χ2n) is 4.46. The molecule has 2 aromatic rings. The van der Waals surface area contributed by atoms with E-state index < -0.39 is 18.0 Å². The SMILES string of the molecule is COc1ccc(NC(=O)NC[C@H](O)c2ccccc2F)cn1. The monoisotopic (exact) mass is 305 g/mol. The Morgan fingerprint density at radius 1 is 1.36 bits per heavy atom. The van der Waals surface area contributed by atoms with E-state index >= 15 is 0 Å². The van der Waals surface area contributed by atoms with Gasteiger partial charge in [-0.25, -0.2) is 14.2 Å². The maximum atomic E-state index is 13.5. The van der Waals surface area contributed by atoms with Crippen molar-refractivity contribution in [2.45, 2.75) is 6.10 Å². The molecule has 1 atom stereocenters. The molecule has 6 nitrogen and oxygen atoms in total. The van der Waals surface area contributed by atoms with Gasteiger partial charge < -0.3 is 20.5 Å². The molecule has 0 aliphatic rings. The highest BCUT2D eigenvalue weighted by molar-refractivity contribution is 5.89. The molecule has 1 aromatic heterocycles. The molecule has 0 fully saturated rings. The Morgan fingerprint density at radius 3 is 2.77 bits per heavy atom. The molecule has 0 radical (unpaired) electrons. The van der Waals surface area contributed by atoms with E-state index in [1.807, 2.05) is 0 Å². The summed E-state index contributed by atoms with van der Waals surface area (Å²) in [5.74, 6) is -0.0857. The fourth-order valence-corrected chi connectivity index (χ4v) is 1.79. The lowest BCUT2D eigenvalue weighted by molar-refractivity contribution is 0.170.